The van der Waals surface area contributed by atoms with Gasteiger partial charge in [-0.25, -0.2) is 0 Å². The molecule has 1 aliphatic carbocycles. The summed E-state index contributed by atoms with van der Waals surface area (Å²) in [6.07, 6.45) is 5.71. The van der Waals surface area contributed by atoms with E-state index in [1.165, 1.54) is 19.3 Å². The zero-order valence-electron chi connectivity index (χ0n) is 10.2. The molecule has 0 unspecified atom stereocenters. The summed E-state index contributed by atoms with van der Waals surface area (Å²) < 4.78 is 0. The third kappa shape index (κ3) is 3.01. The van der Waals surface area contributed by atoms with Crippen LogP contribution in [0.3, 0.4) is 0 Å². The van der Waals surface area contributed by atoms with E-state index in [9.17, 15) is 4.79 Å². The first kappa shape index (κ1) is 12.4. The Morgan fingerprint density at radius 2 is 2.24 bits per heavy atom. The Labute approximate surface area is 108 Å². The molecule has 0 atom stereocenters. The fourth-order valence-electron chi connectivity index (χ4n) is 2.08. The first-order valence-corrected chi connectivity index (χ1v) is 6.65. The number of carbonyl (C=O) groups is 1. The highest BCUT2D eigenvalue weighted by atomic mass is 35.5. The van der Waals surface area contributed by atoms with Crippen molar-refractivity contribution in [2.45, 2.75) is 38.6 Å². The Morgan fingerprint density at radius 1 is 1.47 bits per heavy atom. The van der Waals surface area contributed by atoms with E-state index in [-0.39, 0.29) is 0 Å². The summed E-state index contributed by atoms with van der Waals surface area (Å²) in [5.74, 6) is 0. The predicted octanol–water partition coefficient (Wildman–Crippen LogP) is 3.92. The summed E-state index contributed by atoms with van der Waals surface area (Å²) in [7, 11) is 0. The van der Waals surface area contributed by atoms with E-state index in [0.29, 0.717) is 11.1 Å². The normalized spacial score (nSPS) is 14.7. The number of hydrogen-bond acceptors (Lipinski definition) is 2. The van der Waals surface area contributed by atoms with Crippen molar-refractivity contribution in [3.8, 4) is 0 Å². The van der Waals surface area contributed by atoms with Gasteiger partial charge in [-0.3, -0.25) is 4.79 Å². The SMILES string of the molecule is CCCCN(c1cc(Cl)ccc1C=O)C1CC1. The van der Waals surface area contributed by atoms with Crippen molar-refractivity contribution in [1.82, 2.24) is 0 Å². The van der Waals surface area contributed by atoms with Gasteiger partial charge in [-0.15, -0.1) is 0 Å². The van der Waals surface area contributed by atoms with E-state index < -0.39 is 0 Å². The second-order valence-corrected chi connectivity index (χ2v) is 5.04. The second kappa shape index (κ2) is 5.54. The van der Waals surface area contributed by atoms with Crippen LogP contribution in [0.4, 0.5) is 5.69 Å². The van der Waals surface area contributed by atoms with Crippen LogP contribution < -0.4 is 4.90 Å². The van der Waals surface area contributed by atoms with Gasteiger partial charge in [0.1, 0.15) is 0 Å². The zero-order valence-corrected chi connectivity index (χ0v) is 10.9. The summed E-state index contributed by atoms with van der Waals surface area (Å²) in [5.41, 5.74) is 1.75. The van der Waals surface area contributed by atoms with Gasteiger partial charge in [-0.05, 0) is 37.5 Å². The summed E-state index contributed by atoms with van der Waals surface area (Å²) >= 11 is 6.03. The van der Waals surface area contributed by atoms with Crippen molar-refractivity contribution in [2.75, 3.05) is 11.4 Å². The van der Waals surface area contributed by atoms with E-state index in [4.69, 9.17) is 11.6 Å². The lowest BCUT2D eigenvalue weighted by Gasteiger charge is -2.26. The Morgan fingerprint density at radius 3 is 2.82 bits per heavy atom. The van der Waals surface area contributed by atoms with E-state index >= 15 is 0 Å². The lowest BCUT2D eigenvalue weighted by atomic mass is 10.1. The molecule has 92 valence electrons. The third-order valence-electron chi connectivity index (χ3n) is 3.17. The van der Waals surface area contributed by atoms with E-state index in [2.05, 4.69) is 11.8 Å². The smallest absolute Gasteiger partial charge is 0.152 e. The van der Waals surface area contributed by atoms with E-state index in [1.807, 2.05) is 12.1 Å². The number of benzene rings is 1. The van der Waals surface area contributed by atoms with Crippen LogP contribution in [0, 0.1) is 0 Å². The topological polar surface area (TPSA) is 20.3 Å². The molecule has 2 nitrogen and oxygen atoms in total. The molecule has 0 amide bonds. The minimum absolute atomic E-state index is 0.610. The molecule has 1 aromatic carbocycles. The van der Waals surface area contributed by atoms with Crippen LogP contribution in [-0.4, -0.2) is 18.9 Å². The van der Waals surface area contributed by atoms with Crippen molar-refractivity contribution in [3.63, 3.8) is 0 Å². The molecule has 17 heavy (non-hydrogen) atoms. The zero-order chi connectivity index (χ0) is 12.3. The Bertz CT molecular complexity index is 401. The highest BCUT2D eigenvalue weighted by molar-refractivity contribution is 6.31. The number of hydrogen-bond donors (Lipinski definition) is 0. The van der Waals surface area contributed by atoms with Gasteiger partial charge in [0.15, 0.2) is 6.29 Å². The summed E-state index contributed by atoms with van der Waals surface area (Å²) in [6.45, 7) is 3.20. The van der Waals surface area contributed by atoms with Crippen LogP contribution in [0.25, 0.3) is 0 Å². The molecule has 1 fully saturated rings. The van der Waals surface area contributed by atoms with Gasteiger partial charge in [0.25, 0.3) is 0 Å². The maximum absolute atomic E-state index is 11.1. The fraction of sp³-hybridized carbons (Fsp3) is 0.500. The molecule has 1 aliphatic rings. The van der Waals surface area contributed by atoms with Crippen LogP contribution in [0.2, 0.25) is 5.02 Å². The maximum atomic E-state index is 11.1. The third-order valence-corrected chi connectivity index (χ3v) is 3.40. The number of nitrogens with zero attached hydrogens (tertiary/aromatic N) is 1. The lowest BCUT2D eigenvalue weighted by Crippen LogP contribution is -2.27. The summed E-state index contributed by atoms with van der Waals surface area (Å²) in [5, 5.41) is 0.702. The molecule has 0 aliphatic heterocycles. The number of anilines is 1. The van der Waals surface area contributed by atoms with Crippen LogP contribution >= 0.6 is 11.6 Å². The lowest BCUT2D eigenvalue weighted by molar-refractivity contribution is 0.112. The Hall–Kier alpha value is -1.02. The largest absolute Gasteiger partial charge is 0.368 e. The standard InChI is InChI=1S/C14H18ClNO/c1-2-3-8-16(13-6-7-13)14-9-12(15)5-4-11(14)10-17/h4-5,9-10,13H,2-3,6-8H2,1H3. The van der Waals surface area contributed by atoms with Gasteiger partial charge in [-0.2, -0.15) is 0 Å². The Balaban J connectivity index is 2.26. The molecule has 1 aromatic rings. The molecule has 0 heterocycles. The molecule has 0 spiro atoms. The molecule has 1 saturated carbocycles. The maximum Gasteiger partial charge on any atom is 0.152 e. The van der Waals surface area contributed by atoms with Crippen LogP contribution in [0.15, 0.2) is 18.2 Å². The van der Waals surface area contributed by atoms with Crippen molar-refractivity contribution >= 4 is 23.6 Å². The first-order valence-electron chi connectivity index (χ1n) is 6.27. The molecule has 3 heteroatoms. The van der Waals surface area contributed by atoms with Crippen LogP contribution in [0.1, 0.15) is 43.0 Å². The predicted molar refractivity (Wildman–Crippen MR) is 72.1 cm³/mol. The number of halogens is 1. The van der Waals surface area contributed by atoms with Crippen LogP contribution in [-0.2, 0) is 0 Å². The molecule has 2 rings (SSSR count). The second-order valence-electron chi connectivity index (χ2n) is 4.60. The average molecular weight is 252 g/mol. The van der Waals surface area contributed by atoms with Gasteiger partial charge in [-0.1, -0.05) is 24.9 Å². The highest BCUT2D eigenvalue weighted by Crippen LogP contribution is 2.34. The number of rotatable bonds is 6. The number of aldehydes is 1. The van der Waals surface area contributed by atoms with Gasteiger partial charge in [0, 0.05) is 28.9 Å². The van der Waals surface area contributed by atoms with Gasteiger partial charge < -0.3 is 4.90 Å². The molecule has 0 bridgehead atoms. The Kier molecular flexibility index (Phi) is 4.06. The minimum Gasteiger partial charge on any atom is -0.368 e. The number of carbonyl (C=O) groups excluding carboxylic acids is 1. The van der Waals surface area contributed by atoms with Crippen molar-refractivity contribution in [2.24, 2.45) is 0 Å². The van der Waals surface area contributed by atoms with Gasteiger partial charge in [0.2, 0.25) is 0 Å². The van der Waals surface area contributed by atoms with Crippen molar-refractivity contribution in [3.05, 3.63) is 28.8 Å². The van der Waals surface area contributed by atoms with Crippen molar-refractivity contribution < 1.29 is 4.79 Å². The van der Waals surface area contributed by atoms with Crippen molar-refractivity contribution in [1.29, 1.82) is 0 Å². The first-order chi connectivity index (χ1) is 8.26. The summed E-state index contributed by atoms with van der Waals surface area (Å²) in [6, 6.07) is 6.11. The minimum atomic E-state index is 0.610. The molecule has 0 saturated heterocycles. The highest BCUT2D eigenvalue weighted by Gasteiger charge is 2.30. The average Bonchev–Trinajstić information content (AvgIpc) is 3.14. The number of unbranched alkanes of at least 4 members (excludes halogenated alkanes) is 1. The molecule has 0 aromatic heterocycles. The molecule has 0 radical (unpaired) electrons. The van der Waals surface area contributed by atoms with E-state index in [1.54, 1.807) is 6.07 Å². The summed E-state index contributed by atoms with van der Waals surface area (Å²) in [4.78, 5) is 13.4. The molecular formula is C14H18ClNO. The monoisotopic (exact) mass is 251 g/mol. The van der Waals surface area contributed by atoms with Crippen LogP contribution in [0.5, 0.6) is 0 Å². The van der Waals surface area contributed by atoms with Gasteiger partial charge in [0.05, 0.1) is 0 Å². The molecular weight excluding hydrogens is 234 g/mol. The fourth-order valence-corrected chi connectivity index (χ4v) is 2.25. The molecule has 0 N–H and O–H groups in total. The van der Waals surface area contributed by atoms with E-state index in [0.717, 1.165) is 30.5 Å². The van der Waals surface area contributed by atoms with Gasteiger partial charge >= 0.3 is 0 Å². The quantitative estimate of drug-likeness (QED) is 0.715.